The van der Waals surface area contributed by atoms with Crippen molar-refractivity contribution in [3.8, 4) is 0 Å². The molecule has 22 heavy (non-hydrogen) atoms. The zero-order chi connectivity index (χ0) is 16.2. The number of quaternary nitrogens is 1. The van der Waals surface area contributed by atoms with Gasteiger partial charge in [0.25, 0.3) is 0 Å². The average molecular weight is 404 g/mol. The minimum atomic E-state index is -3.25. The molecule has 6 heteroatoms. The molecule has 118 valence electrons. The van der Waals surface area contributed by atoms with Crippen LogP contribution >= 0.6 is 27.5 Å². The third-order valence-electron chi connectivity index (χ3n) is 3.42. The number of nitrogens with one attached hydrogen (secondary N) is 1. The van der Waals surface area contributed by atoms with Gasteiger partial charge in [-0.25, -0.2) is 8.42 Å². The Balaban J connectivity index is 1.97. The van der Waals surface area contributed by atoms with E-state index in [-0.39, 0.29) is 5.75 Å². The lowest BCUT2D eigenvalue weighted by Gasteiger charge is -2.15. The Morgan fingerprint density at radius 2 is 1.73 bits per heavy atom. The molecule has 1 unspecified atom stereocenters. The standard InChI is InChI=1S/C16H17BrClNO2S/c1-19(12-13-4-2-3-5-16(13)18)10-11-22(20,21)15-8-6-14(17)7-9-15/h2-9H,10-12H2,1H3/p+1. The van der Waals surface area contributed by atoms with Crippen LogP contribution in [0.3, 0.4) is 0 Å². The highest BCUT2D eigenvalue weighted by Crippen LogP contribution is 2.16. The number of hydrogen-bond acceptors (Lipinski definition) is 2. The molecule has 1 atom stereocenters. The first-order valence-electron chi connectivity index (χ1n) is 6.91. The summed E-state index contributed by atoms with van der Waals surface area (Å²) in [5.41, 5.74) is 1.03. The summed E-state index contributed by atoms with van der Waals surface area (Å²) in [7, 11) is -1.28. The van der Waals surface area contributed by atoms with Crippen LogP contribution in [0.2, 0.25) is 5.02 Å². The molecule has 0 aliphatic rings. The first-order valence-corrected chi connectivity index (χ1v) is 9.74. The van der Waals surface area contributed by atoms with Crippen molar-refractivity contribution in [3.63, 3.8) is 0 Å². The summed E-state index contributed by atoms with van der Waals surface area (Å²) in [6, 6.07) is 14.4. The molecule has 0 aliphatic heterocycles. The molecule has 0 fully saturated rings. The van der Waals surface area contributed by atoms with Crippen molar-refractivity contribution in [2.75, 3.05) is 19.3 Å². The number of rotatable bonds is 6. The summed E-state index contributed by atoms with van der Waals surface area (Å²) in [6.07, 6.45) is 0. The lowest BCUT2D eigenvalue weighted by molar-refractivity contribution is -0.891. The van der Waals surface area contributed by atoms with Crippen molar-refractivity contribution >= 4 is 37.4 Å². The van der Waals surface area contributed by atoms with Gasteiger partial charge in [0.05, 0.1) is 18.5 Å². The summed E-state index contributed by atoms with van der Waals surface area (Å²) >= 11 is 9.44. The van der Waals surface area contributed by atoms with Crippen molar-refractivity contribution in [1.82, 2.24) is 0 Å². The molecule has 0 aromatic heterocycles. The van der Waals surface area contributed by atoms with Gasteiger partial charge in [-0.05, 0) is 30.3 Å². The van der Waals surface area contributed by atoms with E-state index in [4.69, 9.17) is 11.6 Å². The van der Waals surface area contributed by atoms with E-state index in [1.54, 1.807) is 24.3 Å². The van der Waals surface area contributed by atoms with E-state index in [0.29, 0.717) is 18.0 Å². The molecular weight excluding hydrogens is 386 g/mol. The second-order valence-electron chi connectivity index (χ2n) is 5.25. The lowest BCUT2D eigenvalue weighted by atomic mass is 10.2. The minimum Gasteiger partial charge on any atom is -0.333 e. The van der Waals surface area contributed by atoms with E-state index < -0.39 is 9.84 Å². The molecule has 0 amide bonds. The maximum atomic E-state index is 12.3. The van der Waals surface area contributed by atoms with E-state index in [9.17, 15) is 8.42 Å². The Labute approximate surface area is 145 Å². The number of halogens is 2. The van der Waals surface area contributed by atoms with Crippen LogP contribution in [0.5, 0.6) is 0 Å². The maximum absolute atomic E-state index is 12.3. The third-order valence-corrected chi connectivity index (χ3v) is 6.05. The van der Waals surface area contributed by atoms with Crippen molar-refractivity contribution in [1.29, 1.82) is 0 Å². The minimum absolute atomic E-state index is 0.116. The summed E-state index contributed by atoms with van der Waals surface area (Å²) < 4.78 is 25.5. The topological polar surface area (TPSA) is 38.6 Å². The first kappa shape index (κ1) is 17.5. The molecular formula is C16H18BrClNO2S+. The highest BCUT2D eigenvalue weighted by molar-refractivity contribution is 9.10. The zero-order valence-corrected chi connectivity index (χ0v) is 15.4. The fourth-order valence-corrected chi connectivity index (χ4v) is 3.99. The summed E-state index contributed by atoms with van der Waals surface area (Å²) in [5.74, 6) is 0.116. The predicted molar refractivity (Wildman–Crippen MR) is 93.1 cm³/mol. The quantitative estimate of drug-likeness (QED) is 0.805. The van der Waals surface area contributed by atoms with Crippen LogP contribution in [-0.4, -0.2) is 27.8 Å². The van der Waals surface area contributed by atoms with Gasteiger partial charge in [-0.15, -0.1) is 0 Å². The van der Waals surface area contributed by atoms with Gasteiger partial charge in [-0.1, -0.05) is 45.7 Å². The molecule has 3 nitrogen and oxygen atoms in total. The van der Waals surface area contributed by atoms with E-state index >= 15 is 0 Å². The number of benzene rings is 2. The molecule has 0 heterocycles. The van der Waals surface area contributed by atoms with Gasteiger partial charge in [-0.2, -0.15) is 0 Å². The number of hydrogen-bond donors (Lipinski definition) is 1. The molecule has 0 aliphatic carbocycles. The highest BCUT2D eigenvalue weighted by Gasteiger charge is 2.17. The van der Waals surface area contributed by atoms with Gasteiger partial charge >= 0.3 is 0 Å². The highest BCUT2D eigenvalue weighted by atomic mass is 79.9. The van der Waals surface area contributed by atoms with Crippen LogP contribution in [0.4, 0.5) is 0 Å². The summed E-state index contributed by atoms with van der Waals surface area (Å²) in [4.78, 5) is 1.47. The molecule has 2 aromatic carbocycles. The lowest BCUT2D eigenvalue weighted by Crippen LogP contribution is -3.08. The third kappa shape index (κ3) is 4.81. The van der Waals surface area contributed by atoms with Crippen molar-refractivity contribution in [2.45, 2.75) is 11.4 Å². The Morgan fingerprint density at radius 1 is 1.09 bits per heavy atom. The van der Waals surface area contributed by atoms with Crippen LogP contribution in [0.1, 0.15) is 5.56 Å². The van der Waals surface area contributed by atoms with Crippen LogP contribution < -0.4 is 4.90 Å². The Hall–Kier alpha value is -0.880. The Bertz CT molecular complexity index is 732. The monoisotopic (exact) mass is 402 g/mol. The van der Waals surface area contributed by atoms with E-state index in [1.807, 2.05) is 31.3 Å². The van der Waals surface area contributed by atoms with Gasteiger partial charge in [0.2, 0.25) is 0 Å². The second kappa shape index (κ2) is 7.59. The van der Waals surface area contributed by atoms with Gasteiger partial charge < -0.3 is 4.90 Å². The molecule has 0 bridgehead atoms. The van der Waals surface area contributed by atoms with Crippen LogP contribution in [0, 0.1) is 0 Å². The number of sulfone groups is 1. The van der Waals surface area contributed by atoms with Crippen LogP contribution in [-0.2, 0) is 16.4 Å². The molecule has 0 spiro atoms. The van der Waals surface area contributed by atoms with Crippen molar-refractivity contribution in [2.24, 2.45) is 0 Å². The SMILES string of the molecule is C[NH+](CCS(=O)(=O)c1ccc(Br)cc1)Cc1ccccc1Cl. The van der Waals surface area contributed by atoms with Gasteiger partial charge in [-0.3, -0.25) is 0 Å². The fraction of sp³-hybridized carbons (Fsp3) is 0.250. The molecule has 0 radical (unpaired) electrons. The molecule has 1 N–H and O–H groups in total. The molecule has 0 saturated heterocycles. The summed E-state index contributed by atoms with van der Waals surface area (Å²) in [5, 5.41) is 0.720. The van der Waals surface area contributed by atoms with E-state index in [0.717, 1.165) is 20.0 Å². The van der Waals surface area contributed by atoms with Gasteiger partial charge in [0, 0.05) is 15.1 Å². The molecule has 2 rings (SSSR count). The normalized spacial score (nSPS) is 13.0. The van der Waals surface area contributed by atoms with Gasteiger partial charge in [0.1, 0.15) is 12.3 Å². The van der Waals surface area contributed by atoms with Crippen LogP contribution in [0.25, 0.3) is 0 Å². The van der Waals surface area contributed by atoms with E-state index in [1.165, 1.54) is 0 Å². The second-order valence-corrected chi connectivity index (χ2v) is 8.68. The van der Waals surface area contributed by atoms with Gasteiger partial charge in [0.15, 0.2) is 9.84 Å². The summed E-state index contributed by atoms with van der Waals surface area (Å²) in [6.45, 7) is 1.24. The average Bonchev–Trinajstić information content (AvgIpc) is 2.48. The van der Waals surface area contributed by atoms with Crippen molar-refractivity contribution in [3.05, 3.63) is 63.6 Å². The fourth-order valence-electron chi connectivity index (χ4n) is 2.12. The Morgan fingerprint density at radius 3 is 2.36 bits per heavy atom. The van der Waals surface area contributed by atoms with Crippen LogP contribution in [0.15, 0.2) is 57.9 Å². The Kier molecular flexibility index (Phi) is 6.03. The largest absolute Gasteiger partial charge is 0.333 e. The maximum Gasteiger partial charge on any atom is 0.183 e. The molecule has 0 saturated carbocycles. The smallest absolute Gasteiger partial charge is 0.183 e. The van der Waals surface area contributed by atoms with E-state index in [2.05, 4.69) is 15.9 Å². The molecule has 2 aromatic rings. The van der Waals surface area contributed by atoms with Crippen molar-refractivity contribution < 1.29 is 13.3 Å². The predicted octanol–water partition coefficient (Wildman–Crippen LogP) is 2.59. The first-order chi connectivity index (χ1) is 10.4. The zero-order valence-electron chi connectivity index (χ0n) is 12.2.